The number of carbonyl (C=O) groups is 1. The van der Waals surface area contributed by atoms with E-state index in [0.717, 1.165) is 33.5 Å². The molecule has 1 unspecified atom stereocenters. The van der Waals surface area contributed by atoms with Crippen LogP contribution >= 0.6 is 35.0 Å². The van der Waals surface area contributed by atoms with Gasteiger partial charge in [-0.3, -0.25) is 0 Å². The molecule has 180 valence electrons. The van der Waals surface area contributed by atoms with E-state index >= 15 is 0 Å². The van der Waals surface area contributed by atoms with E-state index in [1.54, 1.807) is 11.8 Å². The maximum atomic E-state index is 13.7. The number of benzene rings is 3. The van der Waals surface area contributed by atoms with E-state index in [9.17, 15) is 14.3 Å². The second kappa shape index (κ2) is 12.2. The third-order valence-electron chi connectivity index (χ3n) is 5.96. The first-order valence-electron chi connectivity index (χ1n) is 11.2. The Morgan fingerprint density at radius 3 is 2.59 bits per heavy atom. The summed E-state index contributed by atoms with van der Waals surface area (Å²) in [6.07, 6.45) is 7.96. The van der Waals surface area contributed by atoms with Crippen LogP contribution in [0.1, 0.15) is 45.2 Å². The topological polar surface area (TPSA) is 53.0 Å². The molecule has 0 spiro atoms. The van der Waals surface area contributed by atoms with Gasteiger partial charge in [-0.2, -0.15) is 0 Å². The number of carboxylic acid groups (broad SMARTS) is 1. The Labute approximate surface area is 250 Å². The molecule has 1 aromatic heterocycles. The van der Waals surface area contributed by atoms with Crippen LogP contribution in [0.25, 0.3) is 35.2 Å². The van der Waals surface area contributed by atoms with Gasteiger partial charge in [-0.25, -0.2) is 9.37 Å². The van der Waals surface area contributed by atoms with Crippen LogP contribution < -0.4 is 34.7 Å². The van der Waals surface area contributed by atoms with Gasteiger partial charge in [0.15, 0.2) is 0 Å². The smallest absolute Gasteiger partial charge is 0.550 e. The van der Waals surface area contributed by atoms with Crippen LogP contribution in [0.2, 0.25) is 10.0 Å². The normalized spacial score (nSPS) is 14.2. The summed E-state index contributed by atoms with van der Waals surface area (Å²) in [4.78, 5) is 15.6. The number of carboxylic acids is 1. The maximum absolute atomic E-state index is 13.7. The zero-order valence-corrected chi connectivity index (χ0v) is 24.2. The Bertz CT molecular complexity index is 1560. The fourth-order valence-corrected chi connectivity index (χ4v) is 5.84. The van der Waals surface area contributed by atoms with Crippen molar-refractivity contribution in [2.24, 2.45) is 0 Å². The molecule has 3 nitrogen and oxygen atoms in total. The Morgan fingerprint density at radius 2 is 1.78 bits per heavy atom. The van der Waals surface area contributed by atoms with Crippen molar-refractivity contribution in [1.29, 1.82) is 0 Å². The molecule has 3 aromatic carbocycles. The molecule has 8 heteroatoms. The zero-order valence-electron chi connectivity index (χ0n) is 19.9. The summed E-state index contributed by atoms with van der Waals surface area (Å²) < 4.78 is 13.7. The van der Waals surface area contributed by atoms with Gasteiger partial charge in [0.1, 0.15) is 5.82 Å². The molecule has 1 aliphatic carbocycles. The number of hydrogen-bond acceptors (Lipinski definition) is 4. The molecule has 0 bridgehead atoms. The van der Waals surface area contributed by atoms with Gasteiger partial charge in [-0.05, 0) is 82.5 Å². The van der Waals surface area contributed by atoms with Crippen molar-refractivity contribution in [3.05, 3.63) is 110 Å². The molecule has 5 rings (SSSR count). The zero-order chi connectivity index (χ0) is 25.2. The van der Waals surface area contributed by atoms with Gasteiger partial charge in [-0.15, -0.1) is 11.8 Å². The standard InChI is InChI=1S/C29H20Cl2FNO2S.Na/c30-21-7-10-23-19(14-21)5-4-18-3-1-17(13-24(18)29(23)36-12-11-28(34)35)2-8-22-9-6-20-15-26(32)25(31)16-27(20)33-22;/h1-10,13-16,29H,11-12H2,(H,34,35);/q;+1/p-1/b8-2+;. The van der Waals surface area contributed by atoms with Crippen molar-refractivity contribution in [2.45, 2.75) is 11.7 Å². The average Bonchev–Trinajstić information content (AvgIpc) is 2.99. The first kappa shape index (κ1) is 27.9. The first-order chi connectivity index (χ1) is 17.4. The predicted molar refractivity (Wildman–Crippen MR) is 146 cm³/mol. The predicted octanol–water partition coefficient (Wildman–Crippen LogP) is 4.30. The van der Waals surface area contributed by atoms with Gasteiger partial charge >= 0.3 is 29.6 Å². The van der Waals surface area contributed by atoms with Crippen LogP contribution in [0.5, 0.6) is 0 Å². The number of halogens is 3. The van der Waals surface area contributed by atoms with Gasteiger partial charge < -0.3 is 9.90 Å². The van der Waals surface area contributed by atoms with E-state index < -0.39 is 11.8 Å². The third kappa shape index (κ3) is 6.48. The molecular formula is C29H19Cl2FNNaO2S. The minimum Gasteiger partial charge on any atom is -0.550 e. The van der Waals surface area contributed by atoms with E-state index in [1.165, 1.54) is 12.1 Å². The second-order valence-corrected chi connectivity index (χ2v) is 10.5. The second-order valence-electron chi connectivity index (χ2n) is 8.40. The molecule has 0 saturated carbocycles. The molecule has 0 saturated heterocycles. The number of aliphatic carboxylic acids is 1. The maximum Gasteiger partial charge on any atom is 1.00 e. The van der Waals surface area contributed by atoms with Crippen LogP contribution in [0, 0.1) is 5.82 Å². The average molecular weight is 558 g/mol. The SMILES string of the molecule is O=C([O-])CCSC1c2ccc(Cl)cc2C=Cc2ccc(/C=C/c3ccc4cc(F)c(Cl)cc4n3)cc21.[Na+]. The summed E-state index contributed by atoms with van der Waals surface area (Å²) in [5.41, 5.74) is 6.56. The van der Waals surface area contributed by atoms with E-state index in [-0.39, 0.29) is 46.3 Å². The summed E-state index contributed by atoms with van der Waals surface area (Å²) in [6.45, 7) is 0. The molecule has 1 heterocycles. The fourth-order valence-electron chi connectivity index (χ4n) is 4.20. The quantitative estimate of drug-likeness (QED) is 0.332. The molecule has 0 radical (unpaired) electrons. The van der Waals surface area contributed by atoms with Gasteiger partial charge in [0, 0.05) is 16.4 Å². The number of rotatable bonds is 6. The van der Waals surface area contributed by atoms with Crippen LogP contribution in [-0.2, 0) is 4.79 Å². The van der Waals surface area contributed by atoms with E-state index in [0.29, 0.717) is 21.7 Å². The van der Waals surface area contributed by atoms with Crippen molar-refractivity contribution < 1.29 is 43.8 Å². The summed E-state index contributed by atoms with van der Waals surface area (Å²) in [6, 6.07) is 18.5. The number of carbonyl (C=O) groups excluding carboxylic acids is 1. The monoisotopic (exact) mass is 557 g/mol. The Kier molecular flexibility index (Phi) is 9.17. The molecule has 0 aliphatic heterocycles. The number of fused-ring (bicyclic) bond motifs is 3. The van der Waals surface area contributed by atoms with Crippen LogP contribution in [-0.4, -0.2) is 16.7 Å². The van der Waals surface area contributed by atoms with Gasteiger partial charge in [0.25, 0.3) is 0 Å². The molecular weight excluding hydrogens is 539 g/mol. The van der Waals surface area contributed by atoms with E-state index in [1.807, 2.05) is 54.6 Å². The van der Waals surface area contributed by atoms with Crippen molar-refractivity contribution in [3.63, 3.8) is 0 Å². The van der Waals surface area contributed by atoms with E-state index in [2.05, 4.69) is 23.2 Å². The number of aromatic nitrogens is 1. The third-order valence-corrected chi connectivity index (χ3v) is 7.76. The van der Waals surface area contributed by atoms with Crippen LogP contribution in [0.15, 0.2) is 60.7 Å². The van der Waals surface area contributed by atoms with Gasteiger partial charge in [0.05, 0.1) is 21.5 Å². The van der Waals surface area contributed by atoms with Crippen molar-refractivity contribution >= 4 is 76.1 Å². The number of nitrogens with zero attached hydrogens (tertiary/aromatic N) is 1. The van der Waals surface area contributed by atoms with Crippen molar-refractivity contribution in [1.82, 2.24) is 4.98 Å². The van der Waals surface area contributed by atoms with Crippen LogP contribution in [0.3, 0.4) is 0 Å². The molecule has 1 atom stereocenters. The summed E-state index contributed by atoms with van der Waals surface area (Å²) in [5, 5.41) is 12.3. The summed E-state index contributed by atoms with van der Waals surface area (Å²) >= 11 is 13.7. The number of thioether (sulfide) groups is 1. The largest absolute Gasteiger partial charge is 1.00 e. The summed E-state index contributed by atoms with van der Waals surface area (Å²) in [7, 11) is 0. The Hall–Kier alpha value is -2.12. The minimum absolute atomic E-state index is 0. The molecule has 0 fully saturated rings. The van der Waals surface area contributed by atoms with Gasteiger partial charge in [-0.1, -0.05) is 65.7 Å². The number of hydrogen-bond donors (Lipinski definition) is 0. The van der Waals surface area contributed by atoms with Gasteiger partial charge in [0.2, 0.25) is 0 Å². The fraction of sp³-hybridized carbons (Fsp3) is 0.103. The molecule has 37 heavy (non-hydrogen) atoms. The molecule has 4 aromatic rings. The summed E-state index contributed by atoms with van der Waals surface area (Å²) in [5.74, 6) is -1.10. The minimum atomic E-state index is -1.06. The van der Waals surface area contributed by atoms with Crippen LogP contribution in [0.4, 0.5) is 4.39 Å². The Balaban J connectivity index is 0.00000320. The van der Waals surface area contributed by atoms with Crippen molar-refractivity contribution in [2.75, 3.05) is 5.75 Å². The Morgan fingerprint density at radius 1 is 0.973 bits per heavy atom. The first-order valence-corrected chi connectivity index (χ1v) is 13.0. The molecule has 1 aliphatic rings. The number of pyridine rings is 1. The molecule has 0 N–H and O–H groups in total. The molecule has 0 amide bonds. The van der Waals surface area contributed by atoms with E-state index in [4.69, 9.17) is 23.2 Å². The van der Waals surface area contributed by atoms with Crippen molar-refractivity contribution in [3.8, 4) is 0 Å².